The fourth-order valence-electron chi connectivity index (χ4n) is 4.45. The van der Waals surface area contributed by atoms with Gasteiger partial charge in [-0.3, -0.25) is 0 Å². The number of rotatable bonds is 10. The van der Waals surface area contributed by atoms with E-state index in [1.165, 1.54) is 20.4 Å². The van der Waals surface area contributed by atoms with E-state index >= 15 is 4.39 Å². The Hall–Kier alpha value is -2.60. The van der Waals surface area contributed by atoms with E-state index in [4.69, 9.17) is 25.8 Å². The summed E-state index contributed by atoms with van der Waals surface area (Å²) in [7, 11) is 2.52. The molecule has 1 aromatic heterocycles. The minimum absolute atomic E-state index is 0.0190. The number of anilines is 1. The van der Waals surface area contributed by atoms with Crippen LogP contribution in [-0.4, -0.2) is 58.8 Å². The van der Waals surface area contributed by atoms with Crippen molar-refractivity contribution in [1.82, 2.24) is 9.88 Å². The number of nitrogens with zero attached hydrogens (tertiary/aromatic N) is 3. The van der Waals surface area contributed by atoms with Crippen LogP contribution in [0.3, 0.4) is 0 Å². The number of methoxy groups -OCH3 is 2. The molecule has 200 valence electrons. The molecule has 0 bridgehead atoms. The van der Waals surface area contributed by atoms with Crippen LogP contribution >= 0.6 is 22.9 Å². The molecule has 0 N–H and O–H groups in total. The Morgan fingerprint density at radius 3 is 2.57 bits per heavy atom. The number of hydrogen-bond donors (Lipinski definition) is 0. The predicted molar refractivity (Wildman–Crippen MR) is 142 cm³/mol. The lowest BCUT2D eigenvalue weighted by Gasteiger charge is -2.27. The third kappa shape index (κ3) is 5.79. The van der Waals surface area contributed by atoms with Gasteiger partial charge in [-0.05, 0) is 51.6 Å². The summed E-state index contributed by atoms with van der Waals surface area (Å²) in [5, 5.41) is 1.84. The summed E-state index contributed by atoms with van der Waals surface area (Å²) < 4.78 is 60.8. The maximum absolute atomic E-state index is 15.4. The number of hydrogen-bond acceptors (Lipinski definition) is 8. The van der Waals surface area contributed by atoms with Crippen LogP contribution in [0.25, 0.3) is 0 Å². The second-order valence-electron chi connectivity index (χ2n) is 8.84. The number of likely N-dealkylation sites (N-methyl/N-ethyl adjacent to an activating group) is 1. The SMILES string of the molecule is COc1ccc(CN(c2nccs2)S(=O)(=O)c2cc(Cl)c(O[C@H]3CCCC3N(C)C)cc2F)c(OC)c1. The average molecular weight is 570 g/mol. The van der Waals surface area contributed by atoms with E-state index < -0.39 is 20.7 Å². The third-order valence-corrected chi connectivity index (χ3v) is 9.31. The molecule has 12 heteroatoms. The van der Waals surface area contributed by atoms with Crippen LogP contribution in [0.2, 0.25) is 5.02 Å². The van der Waals surface area contributed by atoms with Gasteiger partial charge in [0.15, 0.2) is 5.13 Å². The Balaban J connectivity index is 1.69. The van der Waals surface area contributed by atoms with E-state index in [0.717, 1.165) is 47.0 Å². The van der Waals surface area contributed by atoms with E-state index in [1.807, 2.05) is 14.1 Å². The predicted octanol–water partition coefficient (Wildman–Crippen LogP) is 5.21. The monoisotopic (exact) mass is 569 g/mol. The van der Waals surface area contributed by atoms with Gasteiger partial charge < -0.3 is 19.1 Å². The van der Waals surface area contributed by atoms with Crippen molar-refractivity contribution in [3.63, 3.8) is 0 Å². The lowest BCUT2D eigenvalue weighted by Crippen LogP contribution is -2.38. The number of ether oxygens (including phenoxy) is 3. The first-order chi connectivity index (χ1) is 17.6. The van der Waals surface area contributed by atoms with E-state index in [1.54, 1.807) is 23.6 Å². The van der Waals surface area contributed by atoms with Gasteiger partial charge in [-0.1, -0.05) is 11.6 Å². The molecule has 1 saturated carbocycles. The Labute approximate surface area is 225 Å². The third-order valence-electron chi connectivity index (χ3n) is 6.35. The van der Waals surface area contributed by atoms with Gasteiger partial charge in [-0.2, -0.15) is 0 Å². The number of thiazole rings is 1. The van der Waals surface area contributed by atoms with Crippen LogP contribution in [0.5, 0.6) is 17.2 Å². The molecule has 0 amide bonds. The van der Waals surface area contributed by atoms with Crippen molar-refractivity contribution in [1.29, 1.82) is 0 Å². The van der Waals surface area contributed by atoms with Crippen molar-refractivity contribution in [2.75, 3.05) is 32.6 Å². The largest absolute Gasteiger partial charge is 0.497 e. The zero-order valence-corrected chi connectivity index (χ0v) is 23.4. The van der Waals surface area contributed by atoms with Crippen molar-refractivity contribution in [3.05, 3.63) is 58.3 Å². The molecule has 0 spiro atoms. The smallest absolute Gasteiger partial charge is 0.269 e. The molecule has 8 nitrogen and oxygen atoms in total. The first-order valence-corrected chi connectivity index (χ1v) is 14.3. The van der Waals surface area contributed by atoms with Crippen molar-refractivity contribution in [3.8, 4) is 17.2 Å². The molecule has 1 unspecified atom stereocenters. The van der Waals surface area contributed by atoms with Crippen LogP contribution in [0, 0.1) is 5.82 Å². The highest BCUT2D eigenvalue weighted by molar-refractivity contribution is 7.93. The summed E-state index contributed by atoms with van der Waals surface area (Å²) in [4.78, 5) is 5.67. The fourth-order valence-corrected chi connectivity index (χ4v) is 7.06. The van der Waals surface area contributed by atoms with Crippen LogP contribution < -0.4 is 18.5 Å². The molecule has 2 aromatic carbocycles. The molecule has 0 radical (unpaired) electrons. The Morgan fingerprint density at radius 2 is 1.92 bits per heavy atom. The van der Waals surface area contributed by atoms with Crippen LogP contribution in [0.1, 0.15) is 24.8 Å². The number of sulfonamides is 1. The van der Waals surface area contributed by atoms with Gasteiger partial charge in [0, 0.05) is 35.3 Å². The topological polar surface area (TPSA) is 81.2 Å². The summed E-state index contributed by atoms with van der Waals surface area (Å²) in [6.45, 7) is -0.148. The molecule has 0 saturated heterocycles. The fraction of sp³-hybridized carbons (Fsp3) is 0.400. The van der Waals surface area contributed by atoms with Gasteiger partial charge in [0.1, 0.15) is 34.1 Å². The molecule has 1 fully saturated rings. The van der Waals surface area contributed by atoms with Gasteiger partial charge in [0.25, 0.3) is 10.0 Å². The second kappa shape index (κ2) is 11.4. The van der Waals surface area contributed by atoms with Crippen LogP contribution in [0.15, 0.2) is 46.8 Å². The highest BCUT2D eigenvalue weighted by Crippen LogP contribution is 2.37. The summed E-state index contributed by atoms with van der Waals surface area (Å²) in [5.74, 6) is 0.137. The quantitative estimate of drug-likeness (QED) is 0.331. The van der Waals surface area contributed by atoms with Crippen LogP contribution in [0.4, 0.5) is 9.52 Å². The highest BCUT2D eigenvalue weighted by Gasteiger charge is 2.34. The molecular formula is C25H29ClFN3O5S2. The van der Waals surface area contributed by atoms with E-state index in [0.29, 0.717) is 17.1 Å². The maximum atomic E-state index is 15.4. The lowest BCUT2D eigenvalue weighted by molar-refractivity contribution is 0.121. The first-order valence-electron chi connectivity index (χ1n) is 11.6. The van der Waals surface area contributed by atoms with E-state index in [-0.39, 0.29) is 34.6 Å². The average Bonchev–Trinajstić information content (AvgIpc) is 3.56. The summed E-state index contributed by atoms with van der Waals surface area (Å²) in [5.41, 5.74) is 0.546. The lowest BCUT2D eigenvalue weighted by atomic mass is 10.2. The Bertz CT molecular complexity index is 1340. The van der Waals surface area contributed by atoms with Gasteiger partial charge in [-0.15, -0.1) is 11.3 Å². The molecule has 1 aliphatic carbocycles. The molecule has 1 aliphatic rings. The molecule has 37 heavy (non-hydrogen) atoms. The normalized spacial score (nSPS) is 17.7. The Morgan fingerprint density at radius 1 is 1.14 bits per heavy atom. The maximum Gasteiger partial charge on any atom is 0.269 e. The minimum Gasteiger partial charge on any atom is -0.497 e. The number of halogens is 2. The zero-order chi connectivity index (χ0) is 26.7. The van der Waals surface area contributed by atoms with Crippen molar-refractivity contribution in [2.45, 2.75) is 42.8 Å². The molecule has 2 atom stereocenters. The molecule has 4 rings (SSSR count). The van der Waals surface area contributed by atoms with Gasteiger partial charge in [-0.25, -0.2) is 22.1 Å². The van der Waals surface area contributed by atoms with E-state index in [9.17, 15) is 8.42 Å². The summed E-state index contributed by atoms with van der Waals surface area (Å²) in [6.07, 6.45) is 4.07. The number of aromatic nitrogens is 1. The number of benzene rings is 2. The standard InChI is InChI=1S/C25H29ClFN3O5S2/c1-29(2)20-6-5-7-21(20)35-23-14-19(27)24(13-18(23)26)37(31,32)30(25-28-10-11-36-25)15-16-8-9-17(33-3)12-22(16)34-4/h8-14,20-21H,5-7,15H2,1-4H3/t20?,21-/m0/s1. The van der Waals surface area contributed by atoms with E-state index in [2.05, 4.69) is 9.88 Å². The van der Waals surface area contributed by atoms with Gasteiger partial charge in [0.2, 0.25) is 0 Å². The van der Waals surface area contributed by atoms with Crippen molar-refractivity contribution < 1.29 is 27.0 Å². The van der Waals surface area contributed by atoms with Crippen LogP contribution in [-0.2, 0) is 16.6 Å². The highest BCUT2D eigenvalue weighted by atomic mass is 35.5. The van der Waals surface area contributed by atoms with Gasteiger partial charge >= 0.3 is 0 Å². The van der Waals surface area contributed by atoms with Crippen molar-refractivity contribution >= 4 is 38.1 Å². The summed E-state index contributed by atoms with van der Waals surface area (Å²) >= 11 is 7.56. The Kier molecular flexibility index (Phi) is 8.47. The van der Waals surface area contributed by atoms with Crippen molar-refractivity contribution in [2.24, 2.45) is 0 Å². The molecular weight excluding hydrogens is 541 g/mol. The molecule has 1 heterocycles. The van der Waals surface area contributed by atoms with Gasteiger partial charge in [0.05, 0.1) is 25.8 Å². The zero-order valence-electron chi connectivity index (χ0n) is 21.0. The molecule has 3 aromatic rings. The first kappa shape index (κ1) is 27.4. The summed E-state index contributed by atoms with van der Waals surface area (Å²) in [6, 6.07) is 7.36. The minimum atomic E-state index is -4.41. The second-order valence-corrected chi connectivity index (χ2v) is 11.9. The molecule has 0 aliphatic heterocycles.